The van der Waals surface area contributed by atoms with Crippen molar-refractivity contribution < 1.29 is 14.3 Å². The van der Waals surface area contributed by atoms with Crippen LogP contribution in [0, 0.1) is 18.3 Å². The van der Waals surface area contributed by atoms with Crippen LogP contribution < -0.4 is 10.1 Å². The number of carbonyl (C=O) groups is 1. The minimum atomic E-state index is -0.641. The van der Waals surface area contributed by atoms with Gasteiger partial charge in [-0.05, 0) is 37.6 Å². The van der Waals surface area contributed by atoms with Crippen molar-refractivity contribution in [1.82, 2.24) is 5.32 Å². The fourth-order valence-corrected chi connectivity index (χ4v) is 2.70. The van der Waals surface area contributed by atoms with Crippen LogP contribution in [0.5, 0.6) is 5.75 Å². The van der Waals surface area contributed by atoms with E-state index in [9.17, 15) is 4.79 Å². The second-order valence-corrected chi connectivity index (χ2v) is 5.82. The lowest BCUT2D eigenvalue weighted by Gasteiger charge is -2.24. The summed E-state index contributed by atoms with van der Waals surface area (Å²) in [6, 6.07) is 14.1. The summed E-state index contributed by atoms with van der Waals surface area (Å²) >= 11 is 0. The van der Waals surface area contributed by atoms with Crippen LogP contribution in [0.15, 0.2) is 42.5 Å². The molecule has 2 atom stereocenters. The summed E-state index contributed by atoms with van der Waals surface area (Å²) in [6.45, 7) is 3.98. The number of carbonyl (C=O) groups excluding carboxylic acids is 1. The fraction of sp³-hybridized carbons (Fsp3) is 0.300. The maximum absolute atomic E-state index is 12.3. The zero-order chi connectivity index (χ0) is 18.4. The largest absolute Gasteiger partial charge is 0.496 e. The Bertz CT molecular complexity index is 779. The molecular formula is C20H22N2O3. The van der Waals surface area contributed by atoms with E-state index >= 15 is 0 Å². The van der Waals surface area contributed by atoms with Gasteiger partial charge in [-0.25, -0.2) is 4.79 Å². The van der Waals surface area contributed by atoms with E-state index in [0.29, 0.717) is 5.56 Å². The van der Waals surface area contributed by atoms with Crippen molar-refractivity contribution in [2.75, 3.05) is 14.2 Å². The van der Waals surface area contributed by atoms with Gasteiger partial charge in [0.25, 0.3) is 0 Å². The van der Waals surface area contributed by atoms with Gasteiger partial charge < -0.3 is 9.47 Å². The molecule has 0 unspecified atom stereocenters. The van der Waals surface area contributed by atoms with Gasteiger partial charge in [0.15, 0.2) is 0 Å². The minimum Gasteiger partial charge on any atom is -0.496 e. The Hall–Kier alpha value is -2.84. The summed E-state index contributed by atoms with van der Waals surface area (Å²) in [5.41, 5.74) is 3.35. The highest BCUT2D eigenvalue weighted by Crippen LogP contribution is 2.28. The number of benzene rings is 2. The molecule has 5 nitrogen and oxygen atoms in total. The number of esters is 1. The Morgan fingerprint density at radius 2 is 1.84 bits per heavy atom. The highest BCUT2D eigenvalue weighted by Gasteiger charge is 2.25. The molecule has 0 radical (unpaired) electrons. The molecule has 0 aliphatic heterocycles. The number of nitriles is 1. The number of nitrogens with one attached hydrogen (secondary N) is 1. The van der Waals surface area contributed by atoms with Crippen molar-refractivity contribution in [2.45, 2.75) is 25.9 Å². The Morgan fingerprint density at radius 3 is 2.40 bits per heavy atom. The second kappa shape index (κ2) is 8.32. The maximum atomic E-state index is 12.3. The van der Waals surface area contributed by atoms with Gasteiger partial charge in [0.1, 0.15) is 11.8 Å². The normalized spacial score (nSPS) is 12.8. The molecule has 0 saturated carbocycles. The van der Waals surface area contributed by atoms with Gasteiger partial charge in [0.05, 0.1) is 25.9 Å². The van der Waals surface area contributed by atoms with Crippen molar-refractivity contribution >= 4 is 5.97 Å². The van der Waals surface area contributed by atoms with Crippen LogP contribution in [0.1, 0.15) is 41.3 Å². The number of nitrogens with zero attached hydrogens (tertiary/aromatic N) is 1. The van der Waals surface area contributed by atoms with Crippen molar-refractivity contribution in [2.24, 2.45) is 0 Å². The third kappa shape index (κ3) is 4.37. The van der Waals surface area contributed by atoms with E-state index in [1.165, 1.54) is 7.11 Å². The highest BCUT2D eigenvalue weighted by atomic mass is 16.5. The zero-order valence-corrected chi connectivity index (χ0v) is 14.9. The van der Waals surface area contributed by atoms with Crippen molar-refractivity contribution in [3.63, 3.8) is 0 Å². The Kier molecular flexibility index (Phi) is 6.15. The molecule has 25 heavy (non-hydrogen) atoms. The predicted molar refractivity (Wildman–Crippen MR) is 95.2 cm³/mol. The SMILES string of the molecule is COC(=O)[C@@H](N[C@H](C)c1cc(C)ccc1OC)c1ccc(C#N)cc1. The summed E-state index contributed by atoms with van der Waals surface area (Å²) in [5, 5.41) is 12.2. The van der Waals surface area contributed by atoms with Gasteiger partial charge in [0.2, 0.25) is 0 Å². The third-order valence-corrected chi connectivity index (χ3v) is 4.08. The molecular weight excluding hydrogens is 316 g/mol. The average molecular weight is 338 g/mol. The van der Waals surface area contributed by atoms with Crippen molar-refractivity contribution in [3.8, 4) is 11.8 Å². The number of methoxy groups -OCH3 is 2. The van der Waals surface area contributed by atoms with E-state index < -0.39 is 6.04 Å². The number of aryl methyl sites for hydroxylation is 1. The van der Waals surface area contributed by atoms with E-state index in [-0.39, 0.29) is 12.0 Å². The summed E-state index contributed by atoms with van der Waals surface area (Å²) in [6.07, 6.45) is 0. The predicted octanol–water partition coefficient (Wildman–Crippen LogP) is 3.44. The van der Waals surface area contributed by atoms with Gasteiger partial charge in [-0.3, -0.25) is 5.32 Å². The molecule has 0 aromatic heterocycles. The van der Waals surface area contributed by atoms with E-state index in [1.807, 2.05) is 32.0 Å². The molecule has 0 amide bonds. The van der Waals surface area contributed by atoms with Crippen LogP contribution >= 0.6 is 0 Å². The van der Waals surface area contributed by atoms with Gasteiger partial charge in [0, 0.05) is 11.6 Å². The molecule has 1 N–H and O–H groups in total. The average Bonchev–Trinajstić information content (AvgIpc) is 2.65. The second-order valence-electron chi connectivity index (χ2n) is 5.82. The van der Waals surface area contributed by atoms with Crippen molar-refractivity contribution in [3.05, 3.63) is 64.7 Å². The van der Waals surface area contributed by atoms with Gasteiger partial charge in [-0.1, -0.05) is 29.8 Å². The number of hydrogen-bond acceptors (Lipinski definition) is 5. The summed E-state index contributed by atoms with van der Waals surface area (Å²) in [4.78, 5) is 12.3. The van der Waals surface area contributed by atoms with Gasteiger partial charge in [-0.2, -0.15) is 5.26 Å². The first-order valence-electron chi connectivity index (χ1n) is 7.98. The third-order valence-electron chi connectivity index (χ3n) is 4.08. The maximum Gasteiger partial charge on any atom is 0.327 e. The van der Waals surface area contributed by atoms with Crippen LogP contribution in [-0.2, 0) is 9.53 Å². The van der Waals surface area contributed by atoms with Gasteiger partial charge >= 0.3 is 5.97 Å². The molecule has 0 fully saturated rings. The molecule has 0 spiro atoms. The Labute approximate surface area is 148 Å². The van der Waals surface area contributed by atoms with E-state index in [0.717, 1.165) is 22.4 Å². The highest BCUT2D eigenvalue weighted by molar-refractivity contribution is 5.77. The monoisotopic (exact) mass is 338 g/mol. The lowest BCUT2D eigenvalue weighted by Crippen LogP contribution is -2.32. The molecule has 2 aromatic carbocycles. The Morgan fingerprint density at radius 1 is 1.16 bits per heavy atom. The number of hydrogen-bond donors (Lipinski definition) is 1. The van der Waals surface area contributed by atoms with Crippen LogP contribution in [0.2, 0.25) is 0 Å². The standard InChI is InChI=1S/C20H22N2O3/c1-13-5-10-18(24-3)17(11-13)14(2)22-19(20(23)25-4)16-8-6-15(12-21)7-9-16/h5-11,14,19,22H,1-4H3/t14-,19+/m1/s1. The molecule has 0 aliphatic carbocycles. The molecule has 2 rings (SSSR count). The topological polar surface area (TPSA) is 71.3 Å². The molecule has 0 bridgehead atoms. The van der Waals surface area contributed by atoms with Crippen LogP contribution in [-0.4, -0.2) is 20.2 Å². The smallest absolute Gasteiger partial charge is 0.327 e. The van der Waals surface area contributed by atoms with Crippen LogP contribution in [0.3, 0.4) is 0 Å². The fourth-order valence-electron chi connectivity index (χ4n) is 2.70. The minimum absolute atomic E-state index is 0.144. The summed E-state index contributed by atoms with van der Waals surface area (Å²) < 4.78 is 10.4. The van der Waals surface area contributed by atoms with Gasteiger partial charge in [-0.15, -0.1) is 0 Å². The van der Waals surface area contributed by atoms with E-state index in [1.54, 1.807) is 31.4 Å². The molecule has 0 aliphatic rings. The molecule has 130 valence electrons. The first-order valence-corrected chi connectivity index (χ1v) is 7.98. The molecule has 5 heteroatoms. The van der Waals surface area contributed by atoms with Crippen molar-refractivity contribution in [1.29, 1.82) is 5.26 Å². The molecule has 2 aromatic rings. The van der Waals surface area contributed by atoms with Crippen LogP contribution in [0.4, 0.5) is 0 Å². The lowest BCUT2D eigenvalue weighted by molar-refractivity contribution is -0.143. The number of rotatable bonds is 6. The molecule has 0 heterocycles. The van der Waals surface area contributed by atoms with E-state index in [4.69, 9.17) is 14.7 Å². The quantitative estimate of drug-likeness (QED) is 0.817. The molecule has 0 saturated heterocycles. The summed E-state index contributed by atoms with van der Waals surface area (Å²) in [7, 11) is 2.98. The Balaban J connectivity index is 2.32. The lowest BCUT2D eigenvalue weighted by atomic mass is 10.0. The zero-order valence-electron chi connectivity index (χ0n) is 14.9. The first kappa shape index (κ1) is 18.5. The van der Waals surface area contributed by atoms with Crippen LogP contribution in [0.25, 0.3) is 0 Å². The summed E-state index contributed by atoms with van der Waals surface area (Å²) in [5.74, 6) is 0.372. The first-order chi connectivity index (χ1) is 12.0. The van der Waals surface area contributed by atoms with E-state index in [2.05, 4.69) is 11.4 Å². The number of ether oxygens (including phenoxy) is 2.